The molecule has 3 nitrogen and oxygen atoms in total. The number of furan rings is 1. The Kier molecular flexibility index (Phi) is 3.43. The minimum Gasteiger partial charge on any atom is -0.466 e. The van der Waals surface area contributed by atoms with Crippen molar-refractivity contribution in [2.75, 3.05) is 5.32 Å². The van der Waals surface area contributed by atoms with E-state index in [9.17, 15) is 0 Å². The van der Waals surface area contributed by atoms with Gasteiger partial charge in [0.2, 0.25) is 0 Å². The highest BCUT2D eigenvalue weighted by atomic mass is 79.9. The third kappa shape index (κ3) is 2.60. The highest BCUT2D eigenvalue weighted by molar-refractivity contribution is 9.10. The van der Waals surface area contributed by atoms with E-state index in [0.717, 1.165) is 20.5 Å². The summed E-state index contributed by atoms with van der Waals surface area (Å²) >= 11 is 6.76. The zero-order valence-corrected chi connectivity index (χ0v) is 10.9. The summed E-state index contributed by atoms with van der Waals surface area (Å²) in [4.78, 5) is 4.11. The first kappa shape index (κ1) is 10.7. The fourth-order valence-electron chi connectivity index (χ4n) is 1.14. The lowest BCUT2D eigenvalue weighted by molar-refractivity contribution is 0.516. The van der Waals surface area contributed by atoms with E-state index in [0.29, 0.717) is 6.54 Å². The van der Waals surface area contributed by atoms with Crippen molar-refractivity contribution >= 4 is 37.5 Å². The van der Waals surface area contributed by atoms with Gasteiger partial charge in [-0.3, -0.25) is 0 Å². The molecule has 2 aromatic heterocycles. The van der Waals surface area contributed by atoms with Gasteiger partial charge in [-0.2, -0.15) is 0 Å². The van der Waals surface area contributed by atoms with Crippen molar-refractivity contribution in [1.82, 2.24) is 4.98 Å². The van der Waals surface area contributed by atoms with Gasteiger partial charge in [-0.25, -0.2) is 4.98 Å². The molecule has 78 valence electrons. The van der Waals surface area contributed by atoms with E-state index in [1.807, 2.05) is 18.2 Å². The van der Waals surface area contributed by atoms with Crippen LogP contribution in [-0.2, 0) is 6.54 Å². The molecule has 0 aliphatic carbocycles. The third-order valence-electron chi connectivity index (χ3n) is 1.89. The Bertz CT molecular complexity index is 456. The van der Waals surface area contributed by atoms with Crippen molar-refractivity contribution in [2.45, 2.75) is 6.54 Å². The first-order chi connectivity index (χ1) is 7.27. The predicted octanol–water partition coefficient (Wildman–Crippen LogP) is 3.81. The molecule has 5 heteroatoms. The van der Waals surface area contributed by atoms with Gasteiger partial charge in [0, 0.05) is 6.20 Å². The van der Waals surface area contributed by atoms with E-state index in [2.05, 4.69) is 42.2 Å². The Hall–Kier alpha value is -0.810. The molecule has 0 aromatic carbocycles. The summed E-state index contributed by atoms with van der Waals surface area (Å²) in [5, 5.41) is 3.22. The minimum atomic E-state index is 0.623. The van der Waals surface area contributed by atoms with Crippen molar-refractivity contribution in [3.8, 4) is 0 Å². The molecule has 2 rings (SSSR count). The Morgan fingerprint density at radius 3 is 2.87 bits per heavy atom. The monoisotopic (exact) mass is 330 g/mol. The molecule has 0 bridgehead atoms. The van der Waals surface area contributed by atoms with Crippen LogP contribution in [0.25, 0.3) is 0 Å². The largest absolute Gasteiger partial charge is 0.466 e. The predicted molar refractivity (Wildman–Crippen MR) is 65.7 cm³/mol. The number of aromatic nitrogens is 1. The second-order valence-corrected chi connectivity index (χ2v) is 4.49. The zero-order chi connectivity index (χ0) is 10.7. The Morgan fingerprint density at radius 2 is 2.20 bits per heavy atom. The lowest BCUT2D eigenvalue weighted by atomic mass is 10.4. The van der Waals surface area contributed by atoms with Crippen molar-refractivity contribution in [2.24, 2.45) is 0 Å². The lowest BCUT2D eigenvalue weighted by Crippen LogP contribution is -1.99. The summed E-state index contributed by atoms with van der Waals surface area (Å²) in [7, 11) is 0. The number of nitrogens with one attached hydrogen (secondary N) is 1. The average molecular weight is 332 g/mol. The minimum absolute atomic E-state index is 0.623. The van der Waals surface area contributed by atoms with E-state index in [1.54, 1.807) is 12.5 Å². The fourth-order valence-corrected chi connectivity index (χ4v) is 1.88. The molecule has 0 aliphatic rings. The fraction of sp³-hybridized carbons (Fsp3) is 0.100. The first-order valence-electron chi connectivity index (χ1n) is 4.33. The summed E-state index contributed by atoms with van der Waals surface area (Å²) in [5.74, 6) is 0.866. The quantitative estimate of drug-likeness (QED) is 0.869. The maximum Gasteiger partial charge on any atom is 0.136 e. The molecule has 2 aromatic rings. The summed E-state index contributed by atoms with van der Waals surface area (Å²) in [6.45, 7) is 0.623. The molecule has 0 atom stereocenters. The summed E-state index contributed by atoms with van der Waals surface area (Å²) in [6, 6.07) is 5.70. The second kappa shape index (κ2) is 4.81. The van der Waals surface area contributed by atoms with E-state index < -0.39 is 0 Å². The van der Waals surface area contributed by atoms with Gasteiger partial charge >= 0.3 is 0 Å². The molecule has 0 saturated heterocycles. The molecule has 0 aliphatic heterocycles. The number of anilines is 1. The molecule has 0 radical (unpaired) electrons. The van der Waals surface area contributed by atoms with E-state index in [4.69, 9.17) is 4.42 Å². The van der Waals surface area contributed by atoms with Crippen LogP contribution in [0.5, 0.6) is 0 Å². The summed E-state index contributed by atoms with van der Waals surface area (Å²) < 4.78 is 7.05. The van der Waals surface area contributed by atoms with Gasteiger partial charge in [0.1, 0.15) is 10.4 Å². The Labute approximate surface area is 104 Å². The molecular formula is C10H8Br2N2O. The highest BCUT2D eigenvalue weighted by Crippen LogP contribution is 2.22. The number of pyridine rings is 1. The van der Waals surface area contributed by atoms with Crippen LogP contribution in [0.3, 0.4) is 0 Å². The zero-order valence-electron chi connectivity index (χ0n) is 7.71. The SMILES string of the molecule is Brc1ccoc1CNc1cccnc1Br. The van der Waals surface area contributed by atoms with Gasteiger partial charge in [0.15, 0.2) is 0 Å². The molecular weight excluding hydrogens is 324 g/mol. The third-order valence-corrected chi connectivity index (χ3v) is 3.23. The second-order valence-electron chi connectivity index (χ2n) is 2.89. The van der Waals surface area contributed by atoms with E-state index >= 15 is 0 Å². The maximum atomic E-state index is 5.28. The van der Waals surface area contributed by atoms with Crippen molar-refractivity contribution in [1.29, 1.82) is 0 Å². The van der Waals surface area contributed by atoms with E-state index in [-0.39, 0.29) is 0 Å². The van der Waals surface area contributed by atoms with Gasteiger partial charge in [-0.05, 0) is 50.1 Å². The van der Waals surface area contributed by atoms with Gasteiger partial charge in [0.25, 0.3) is 0 Å². The first-order valence-corrected chi connectivity index (χ1v) is 5.92. The normalized spacial score (nSPS) is 10.3. The number of halogens is 2. The van der Waals surface area contributed by atoms with Crippen LogP contribution in [-0.4, -0.2) is 4.98 Å². The molecule has 1 N–H and O–H groups in total. The van der Waals surface area contributed by atoms with Gasteiger partial charge in [0.05, 0.1) is 23.0 Å². The topological polar surface area (TPSA) is 38.1 Å². The Balaban J connectivity index is 2.06. The molecule has 0 saturated carbocycles. The van der Waals surface area contributed by atoms with Crippen molar-refractivity contribution in [3.05, 3.63) is 45.5 Å². The smallest absolute Gasteiger partial charge is 0.136 e. The van der Waals surface area contributed by atoms with Crippen LogP contribution in [0, 0.1) is 0 Å². The number of hydrogen-bond donors (Lipinski definition) is 1. The number of rotatable bonds is 3. The Morgan fingerprint density at radius 1 is 1.33 bits per heavy atom. The van der Waals surface area contributed by atoms with E-state index in [1.165, 1.54) is 0 Å². The highest BCUT2D eigenvalue weighted by Gasteiger charge is 2.04. The van der Waals surface area contributed by atoms with Crippen LogP contribution in [0.15, 0.2) is 44.2 Å². The number of nitrogens with zero attached hydrogens (tertiary/aromatic N) is 1. The van der Waals surface area contributed by atoms with Crippen molar-refractivity contribution in [3.63, 3.8) is 0 Å². The lowest BCUT2D eigenvalue weighted by Gasteiger charge is -2.05. The maximum absolute atomic E-state index is 5.28. The van der Waals surface area contributed by atoms with Crippen LogP contribution < -0.4 is 5.32 Å². The average Bonchev–Trinajstić information content (AvgIpc) is 2.63. The van der Waals surface area contributed by atoms with Crippen LogP contribution in [0.4, 0.5) is 5.69 Å². The summed E-state index contributed by atoms with van der Waals surface area (Å²) in [5.41, 5.74) is 0.945. The number of hydrogen-bond acceptors (Lipinski definition) is 3. The molecule has 15 heavy (non-hydrogen) atoms. The molecule has 0 amide bonds. The van der Waals surface area contributed by atoms with Crippen molar-refractivity contribution < 1.29 is 4.42 Å². The van der Waals surface area contributed by atoms with Gasteiger partial charge in [-0.15, -0.1) is 0 Å². The van der Waals surface area contributed by atoms with Gasteiger partial charge in [-0.1, -0.05) is 0 Å². The van der Waals surface area contributed by atoms with Crippen LogP contribution >= 0.6 is 31.9 Å². The van der Waals surface area contributed by atoms with Gasteiger partial charge < -0.3 is 9.73 Å². The van der Waals surface area contributed by atoms with Crippen LogP contribution in [0.1, 0.15) is 5.76 Å². The van der Waals surface area contributed by atoms with Crippen LogP contribution in [0.2, 0.25) is 0 Å². The molecule has 0 fully saturated rings. The standard InChI is InChI=1S/C10H8Br2N2O/c11-7-3-5-15-9(7)6-14-8-2-1-4-13-10(8)12/h1-5,14H,6H2. The molecule has 2 heterocycles. The molecule has 0 spiro atoms. The molecule has 0 unspecified atom stereocenters. The summed E-state index contributed by atoms with van der Waals surface area (Å²) in [6.07, 6.45) is 3.39.